The summed E-state index contributed by atoms with van der Waals surface area (Å²) in [4.78, 5) is 19.4. The second-order valence-corrected chi connectivity index (χ2v) is 7.10. The predicted molar refractivity (Wildman–Crippen MR) is 96.5 cm³/mol. The van der Waals surface area contributed by atoms with Crippen LogP contribution in [-0.4, -0.2) is 32.3 Å². The number of thioether (sulfide) groups is 1. The molecule has 0 saturated heterocycles. The van der Waals surface area contributed by atoms with E-state index in [0.717, 1.165) is 35.9 Å². The largest absolute Gasteiger partial charge is 0.346 e. The highest BCUT2D eigenvalue weighted by Crippen LogP contribution is 2.32. The maximum Gasteiger partial charge on any atom is 0.286 e. The van der Waals surface area contributed by atoms with Crippen LogP contribution in [0.15, 0.2) is 40.4 Å². The number of amidine groups is 1. The number of aliphatic imine (C=N–C) groups is 1. The molecule has 0 unspecified atom stereocenters. The number of carbonyl (C=O) groups is 1. The number of nitrogens with zero attached hydrogens (tertiary/aromatic N) is 4. The van der Waals surface area contributed by atoms with Crippen LogP contribution in [0.4, 0.5) is 0 Å². The monoisotopic (exact) mass is 338 g/mol. The zero-order chi connectivity index (χ0) is 16.7. The Morgan fingerprint density at radius 1 is 1.25 bits per heavy atom. The first kappa shape index (κ1) is 15.2. The highest BCUT2D eigenvalue weighted by molar-refractivity contribution is 8.18. The predicted octanol–water partition coefficient (Wildman–Crippen LogP) is 2.76. The van der Waals surface area contributed by atoms with Crippen molar-refractivity contribution in [3.05, 3.63) is 57.8 Å². The number of amides is 1. The molecule has 1 aromatic carbocycles. The number of carbonyl (C=O) groups excluding carboxylic acids is 1. The second kappa shape index (κ2) is 5.94. The van der Waals surface area contributed by atoms with E-state index in [4.69, 9.17) is 0 Å². The molecule has 0 bridgehead atoms. The molecule has 1 aromatic heterocycles. The number of fused-ring (bicyclic) bond motifs is 1. The Balaban J connectivity index is 1.54. The molecule has 0 radical (unpaired) electrons. The molecule has 4 rings (SSSR count). The van der Waals surface area contributed by atoms with Crippen molar-refractivity contribution in [3.8, 4) is 0 Å². The maximum atomic E-state index is 12.3. The SMILES string of the molecule is Cc1nn(C)cc1C=C1SC(N2CCc3ccccc3C2)=NC1=O. The Morgan fingerprint density at radius 3 is 2.79 bits per heavy atom. The molecule has 3 heterocycles. The van der Waals surface area contributed by atoms with Gasteiger partial charge in [-0.15, -0.1) is 0 Å². The number of hydrogen-bond acceptors (Lipinski definition) is 4. The van der Waals surface area contributed by atoms with Crippen molar-refractivity contribution >= 4 is 28.9 Å². The van der Waals surface area contributed by atoms with Crippen molar-refractivity contribution < 1.29 is 4.79 Å². The normalized spacial score (nSPS) is 18.9. The Kier molecular flexibility index (Phi) is 3.76. The number of benzene rings is 1. The van der Waals surface area contributed by atoms with Gasteiger partial charge in [-0.1, -0.05) is 24.3 Å². The summed E-state index contributed by atoms with van der Waals surface area (Å²) in [7, 11) is 1.88. The molecular weight excluding hydrogens is 320 g/mol. The summed E-state index contributed by atoms with van der Waals surface area (Å²) in [5, 5.41) is 5.12. The third kappa shape index (κ3) is 2.78. The second-order valence-electron chi connectivity index (χ2n) is 6.09. The van der Waals surface area contributed by atoms with Crippen LogP contribution in [0.25, 0.3) is 6.08 Å². The van der Waals surface area contributed by atoms with Gasteiger partial charge in [0.15, 0.2) is 5.17 Å². The standard InChI is InChI=1S/C18H18N4OS/c1-12-15(10-21(2)20-12)9-16-17(23)19-18(24-16)22-8-7-13-5-3-4-6-14(13)11-22/h3-6,9-10H,7-8,11H2,1-2H3. The first-order valence-corrected chi connectivity index (χ1v) is 8.76. The molecule has 2 aliphatic rings. The Morgan fingerprint density at radius 2 is 2.04 bits per heavy atom. The van der Waals surface area contributed by atoms with E-state index in [1.165, 1.54) is 22.9 Å². The lowest BCUT2D eigenvalue weighted by Crippen LogP contribution is -2.33. The molecule has 2 aliphatic heterocycles. The zero-order valence-corrected chi connectivity index (χ0v) is 14.5. The molecule has 1 amide bonds. The van der Waals surface area contributed by atoms with Crippen LogP contribution in [0.2, 0.25) is 0 Å². The van der Waals surface area contributed by atoms with Crippen LogP contribution >= 0.6 is 11.8 Å². The van der Waals surface area contributed by atoms with Crippen LogP contribution < -0.4 is 0 Å². The quantitative estimate of drug-likeness (QED) is 0.750. The van der Waals surface area contributed by atoms with Crippen LogP contribution in [0, 0.1) is 6.92 Å². The fraction of sp³-hybridized carbons (Fsp3) is 0.278. The van der Waals surface area contributed by atoms with E-state index in [2.05, 4.69) is 39.3 Å². The van der Waals surface area contributed by atoms with Crippen molar-refractivity contribution in [2.24, 2.45) is 12.0 Å². The summed E-state index contributed by atoms with van der Waals surface area (Å²) in [5.41, 5.74) is 4.60. The van der Waals surface area contributed by atoms with Gasteiger partial charge in [-0.05, 0) is 42.3 Å². The summed E-state index contributed by atoms with van der Waals surface area (Å²) >= 11 is 1.46. The number of aryl methyl sites for hydroxylation is 2. The fourth-order valence-electron chi connectivity index (χ4n) is 3.09. The Labute approximate surface area is 145 Å². The van der Waals surface area contributed by atoms with Gasteiger partial charge in [-0.3, -0.25) is 9.48 Å². The lowest BCUT2D eigenvalue weighted by atomic mass is 10.0. The van der Waals surface area contributed by atoms with E-state index in [1.807, 2.05) is 26.2 Å². The molecule has 5 nitrogen and oxygen atoms in total. The van der Waals surface area contributed by atoms with Gasteiger partial charge < -0.3 is 4.90 Å². The van der Waals surface area contributed by atoms with Gasteiger partial charge in [0.1, 0.15) is 0 Å². The summed E-state index contributed by atoms with van der Waals surface area (Å²) < 4.78 is 1.76. The first-order valence-electron chi connectivity index (χ1n) is 7.95. The van der Waals surface area contributed by atoms with Crippen molar-refractivity contribution in [3.63, 3.8) is 0 Å². The van der Waals surface area contributed by atoms with Gasteiger partial charge in [0, 0.05) is 31.9 Å². The van der Waals surface area contributed by atoms with Gasteiger partial charge in [0.05, 0.1) is 10.6 Å². The van der Waals surface area contributed by atoms with E-state index >= 15 is 0 Å². The van der Waals surface area contributed by atoms with Crippen molar-refractivity contribution in [2.75, 3.05) is 6.54 Å². The summed E-state index contributed by atoms with van der Waals surface area (Å²) in [5.74, 6) is -0.155. The van der Waals surface area contributed by atoms with E-state index < -0.39 is 0 Å². The van der Waals surface area contributed by atoms with Crippen molar-refractivity contribution in [2.45, 2.75) is 19.9 Å². The molecule has 0 N–H and O–H groups in total. The maximum absolute atomic E-state index is 12.3. The van der Waals surface area contributed by atoms with Crippen molar-refractivity contribution in [1.82, 2.24) is 14.7 Å². The third-order valence-corrected chi connectivity index (χ3v) is 5.39. The molecular formula is C18H18N4OS. The Bertz CT molecular complexity index is 881. The molecule has 0 spiro atoms. The van der Waals surface area contributed by atoms with Crippen LogP contribution in [-0.2, 0) is 24.8 Å². The Hall–Kier alpha value is -2.34. The molecule has 24 heavy (non-hydrogen) atoms. The smallest absolute Gasteiger partial charge is 0.286 e. The number of rotatable bonds is 1. The fourth-order valence-corrected chi connectivity index (χ4v) is 4.02. The minimum atomic E-state index is -0.155. The average molecular weight is 338 g/mol. The zero-order valence-electron chi connectivity index (χ0n) is 13.7. The topological polar surface area (TPSA) is 50.5 Å². The lowest BCUT2D eigenvalue weighted by Gasteiger charge is -2.29. The van der Waals surface area contributed by atoms with Crippen molar-refractivity contribution in [1.29, 1.82) is 0 Å². The van der Waals surface area contributed by atoms with E-state index in [9.17, 15) is 4.79 Å². The van der Waals surface area contributed by atoms with E-state index in [-0.39, 0.29) is 5.91 Å². The molecule has 2 aromatic rings. The summed E-state index contributed by atoms with van der Waals surface area (Å²) in [6.45, 7) is 3.66. The first-order chi connectivity index (χ1) is 11.6. The average Bonchev–Trinajstić information content (AvgIpc) is 3.09. The van der Waals surface area contributed by atoms with Crippen LogP contribution in [0.3, 0.4) is 0 Å². The minimum Gasteiger partial charge on any atom is -0.346 e. The molecule has 6 heteroatoms. The molecule has 122 valence electrons. The van der Waals surface area contributed by atoms with Gasteiger partial charge in [0.2, 0.25) is 0 Å². The van der Waals surface area contributed by atoms with Crippen LogP contribution in [0.5, 0.6) is 0 Å². The summed E-state index contributed by atoms with van der Waals surface area (Å²) in [6.07, 6.45) is 4.81. The highest BCUT2D eigenvalue weighted by Gasteiger charge is 2.28. The van der Waals surface area contributed by atoms with Gasteiger partial charge >= 0.3 is 0 Å². The minimum absolute atomic E-state index is 0.155. The molecule has 0 fully saturated rings. The van der Waals surface area contributed by atoms with Crippen LogP contribution in [0.1, 0.15) is 22.4 Å². The van der Waals surface area contributed by atoms with E-state index in [1.54, 1.807) is 4.68 Å². The van der Waals surface area contributed by atoms with Gasteiger partial charge in [0.25, 0.3) is 5.91 Å². The molecule has 0 aliphatic carbocycles. The summed E-state index contributed by atoms with van der Waals surface area (Å²) in [6, 6.07) is 8.47. The number of hydrogen-bond donors (Lipinski definition) is 0. The molecule has 0 atom stereocenters. The lowest BCUT2D eigenvalue weighted by molar-refractivity contribution is -0.113. The number of aromatic nitrogens is 2. The highest BCUT2D eigenvalue weighted by atomic mass is 32.2. The van der Waals surface area contributed by atoms with Gasteiger partial charge in [-0.25, -0.2) is 0 Å². The van der Waals surface area contributed by atoms with Gasteiger partial charge in [-0.2, -0.15) is 10.1 Å². The van der Waals surface area contributed by atoms with E-state index in [0.29, 0.717) is 4.91 Å². The molecule has 0 saturated carbocycles. The third-order valence-electron chi connectivity index (χ3n) is 4.35.